The van der Waals surface area contributed by atoms with E-state index >= 15 is 0 Å². The van der Waals surface area contributed by atoms with Crippen molar-refractivity contribution in [3.05, 3.63) is 49.1 Å². The highest BCUT2D eigenvalue weighted by molar-refractivity contribution is 5.19. The smallest absolute Gasteiger partial charge is 0.216 e. The lowest BCUT2D eigenvalue weighted by molar-refractivity contribution is -0.596. The van der Waals surface area contributed by atoms with E-state index in [0.29, 0.717) is 0 Å². The zero-order valence-corrected chi connectivity index (χ0v) is 8.09. The third-order valence-electron chi connectivity index (χ3n) is 1.75. The monoisotopic (exact) mass is 208 g/mol. The first kappa shape index (κ1) is 10.5. The molecule has 2 aromatic heterocycles. The summed E-state index contributed by atoms with van der Waals surface area (Å²) in [5.74, 6) is 0.249. The molecule has 2 rings (SSSR count). The van der Waals surface area contributed by atoms with Crippen LogP contribution in [0.3, 0.4) is 0 Å². The summed E-state index contributed by atoms with van der Waals surface area (Å²) >= 11 is 0. The molecule has 0 aromatic carbocycles. The van der Waals surface area contributed by atoms with Gasteiger partial charge in [0.1, 0.15) is 0 Å². The van der Waals surface area contributed by atoms with Gasteiger partial charge in [-0.1, -0.05) is 0 Å². The Morgan fingerprint density at radius 1 is 1.14 bits per heavy atom. The normalized spacial score (nSPS) is 9.14. The van der Waals surface area contributed by atoms with Gasteiger partial charge in [0.25, 0.3) is 0 Å². The number of nitrogens with zero attached hydrogens (tertiary/aromatic N) is 2. The summed E-state index contributed by atoms with van der Waals surface area (Å²) in [6, 6.07) is 7.17. The lowest BCUT2D eigenvalue weighted by Gasteiger charge is -1.94. The zero-order chi connectivity index (χ0) is 9.10. The first-order valence-corrected chi connectivity index (χ1v) is 3.97. The molecule has 4 heteroatoms. The number of pyridine rings is 2. The van der Waals surface area contributed by atoms with Crippen molar-refractivity contribution in [2.24, 2.45) is 0 Å². The summed E-state index contributed by atoms with van der Waals surface area (Å²) in [7, 11) is 0. The topological polar surface area (TPSA) is 37.0 Å². The predicted molar refractivity (Wildman–Crippen MR) is 47.4 cm³/mol. The summed E-state index contributed by atoms with van der Waals surface area (Å²) in [4.78, 5) is 3.92. The van der Waals surface area contributed by atoms with Gasteiger partial charge in [0.2, 0.25) is 11.9 Å². The van der Waals surface area contributed by atoms with Crippen LogP contribution in [0.2, 0.25) is 0 Å². The van der Waals surface area contributed by atoms with Crippen LogP contribution in [-0.2, 0) is 0 Å². The van der Waals surface area contributed by atoms with E-state index in [1.165, 1.54) is 0 Å². The van der Waals surface area contributed by atoms with Gasteiger partial charge in [-0.25, -0.2) is 0 Å². The molecule has 14 heavy (non-hydrogen) atoms. The number of hydrogen-bond donors (Lipinski definition) is 1. The fourth-order valence-electron chi connectivity index (χ4n) is 1.14. The first-order chi connectivity index (χ1) is 6.36. The van der Waals surface area contributed by atoms with E-state index in [0.717, 1.165) is 5.69 Å². The number of aromatic nitrogens is 2. The summed E-state index contributed by atoms with van der Waals surface area (Å²) < 4.78 is 1.83. The van der Waals surface area contributed by atoms with Gasteiger partial charge >= 0.3 is 0 Å². The molecule has 0 aliphatic carbocycles. The van der Waals surface area contributed by atoms with Crippen molar-refractivity contribution in [3.8, 4) is 11.4 Å². The van der Waals surface area contributed by atoms with Crippen LogP contribution < -0.4 is 17.0 Å². The van der Waals surface area contributed by atoms with E-state index in [9.17, 15) is 5.11 Å². The van der Waals surface area contributed by atoms with Crippen molar-refractivity contribution in [1.29, 1.82) is 0 Å². The lowest BCUT2D eigenvalue weighted by atomic mass is 10.3. The Labute approximate surface area is 88.1 Å². The third kappa shape index (κ3) is 2.20. The Bertz CT molecular complexity index is 406. The molecule has 0 saturated carbocycles. The average molecular weight is 209 g/mol. The van der Waals surface area contributed by atoms with Crippen LogP contribution in [0.5, 0.6) is 5.75 Å². The molecule has 2 heterocycles. The van der Waals surface area contributed by atoms with E-state index in [-0.39, 0.29) is 18.2 Å². The molecule has 0 aliphatic rings. The number of halogens is 1. The van der Waals surface area contributed by atoms with Gasteiger partial charge in [0, 0.05) is 30.6 Å². The Morgan fingerprint density at radius 2 is 1.86 bits per heavy atom. The van der Waals surface area contributed by atoms with E-state index in [4.69, 9.17) is 0 Å². The van der Waals surface area contributed by atoms with Crippen LogP contribution in [-0.4, -0.2) is 10.1 Å². The van der Waals surface area contributed by atoms with Crippen molar-refractivity contribution in [2.75, 3.05) is 0 Å². The maximum atomic E-state index is 9.24. The van der Waals surface area contributed by atoms with E-state index < -0.39 is 0 Å². The van der Waals surface area contributed by atoms with Gasteiger partial charge in [-0.15, -0.1) is 0 Å². The highest BCUT2D eigenvalue weighted by Crippen LogP contribution is 2.03. The van der Waals surface area contributed by atoms with Gasteiger partial charge in [0.05, 0.1) is 0 Å². The summed E-state index contributed by atoms with van der Waals surface area (Å²) in [5.41, 5.74) is 0.978. The van der Waals surface area contributed by atoms with Crippen molar-refractivity contribution in [2.45, 2.75) is 0 Å². The predicted octanol–water partition coefficient (Wildman–Crippen LogP) is -1.93. The van der Waals surface area contributed by atoms with Crippen LogP contribution in [0.1, 0.15) is 0 Å². The molecule has 0 amide bonds. The van der Waals surface area contributed by atoms with E-state index in [1.807, 2.05) is 22.9 Å². The molecule has 0 unspecified atom stereocenters. The molecule has 0 atom stereocenters. The van der Waals surface area contributed by atoms with Crippen LogP contribution in [0.4, 0.5) is 0 Å². The SMILES string of the molecule is Oc1ccc[n+](-c2ccncc2)c1.[Cl-]. The minimum atomic E-state index is 0. The Kier molecular flexibility index (Phi) is 3.42. The second kappa shape index (κ2) is 4.58. The van der Waals surface area contributed by atoms with E-state index in [2.05, 4.69) is 4.98 Å². The molecule has 0 bridgehead atoms. The lowest BCUT2D eigenvalue weighted by Crippen LogP contribution is -3.00. The Morgan fingerprint density at radius 3 is 2.50 bits per heavy atom. The minimum absolute atomic E-state index is 0. The third-order valence-corrected chi connectivity index (χ3v) is 1.75. The number of aromatic hydroxyl groups is 1. The molecule has 0 aliphatic heterocycles. The maximum absolute atomic E-state index is 9.24. The van der Waals surface area contributed by atoms with Gasteiger partial charge in [0.15, 0.2) is 11.9 Å². The highest BCUT2D eigenvalue weighted by Gasteiger charge is 2.04. The second-order valence-corrected chi connectivity index (χ2v) is 2.67. The fraction of sp³-hybridized carbons (Fsp3) is 0. The summed E-state index contributed by atoms with van der Waals surface area (Å²) in [6.07, 6.45) is 6.95. The van der Waals surface area contributed by atoms with Crippen molar-refractivity contribution in [3.63, 3.8) is 0 Å². The molecule has 2 aromatic rings. The van der Waals surface area contributed by atoms with Gasteiger partial charge in [-0.3, -0.25) is 4.98 Å². The summed E-state index contributed by atoms with van der Waals surface area (Å²) in [5, 5.41) is 9.24. The molecule has 0 saturated heterocycles. The Hall–Kier alpha value is -1.61. The second-order valence-electron chi connectivity index (χ2n) is 2.67. The van der Waals surface area contributed by atoms with Crippen LogP contribution >= 0.6 is 0 Å². The standard InChI is InChI=1S/C10H8N2O.ClH/c13-10-2-1-7-12(8-10)9-3-5-11-6-4-9;/h1-8H;1H. The first-order valence-electron chi connectivity index (χ1n) is 3.97. The fourth-order valence-corrected chi connectivity index (χ4v) is 1.14. The van der Waals surface area contributed by atoms with Crippen LogP contribution in [0.25, 0.3) is 5.69 Å². The molecule has 0 fully saturated rings. The van der Waals surface area contributed by atoms with Gasteiger partial charge in [-0.05, 0) is 6.07 Å². The zero-order valence-electron chi connectivity index (χ0n) is 7.34. The van der Waals surface area contributed by atoms with Crippen molar-refractivity contribution < 1.29 is 22.1 Å². The molecule has 3 nitrogen and oxygen atoms in total. The highest BCUT2D eigenvalue weighted by atomic mass is 35.5. The Balaban J connectivity index is 0.000000980. The average Bonchev–Trinajstić information content (AvgIpc) is 2.19. The molecular weight excluding hydrogens is 200 g/mol. The molecule has 0 spiro atoms. The molecule has 1 N–H and O–H groups in total. The van der Waals surface area contributed by atoms with E-state index in [1.54, 1.807) is 30.7 Å². The quantitative estimate of drug-likeness (QED) is 0.555. The van der Waals surface area contributed by atoms with Crippen LogP contribution in [0, 0.1) is 0 Å². The largest absolute Gasteiger partial charge is 1.00 e. The molecular formula is C10H9ClN2O. The summed E-state index contributed by atoms with van der Waals surface area (Å²) in [6.45, 7) is 0. The van der Waals surface area contributed by atoms with Crippen molar-refractivity contribution >= 4 is 0 Å². The minimum Gasteiger partial charge on any atom is -1.00 e. The number of rotatable bonds is 1. The van der Waals surface area contributed by atoms with Crippen LogP contribution in [0.15, 0.2) is 49.1 Å². The van der Waals surface area contributed by atoms with Gasteiger partial charge < -0.3 is 17.5 Å². The number of hydrogen-bond acceptors (Lipinski definition) is 2. The molecule has 72 valence electrons. The molecule has 0 radical (unpaired) electrons. The van der Waals surface area contributed by atoms with Gasteiger partial charge in [-0.2, -0.15) is 4.57 Å². The maximum Gasteiger partial charge on any atom is 0.216 e. The van der Waals surface area contributed by atoms with Crippen molar-refractivity contribution in [1.82, 2.24) is 4.98 Å².